The zero-order valence-corrected chi connectivity index (χ0v) is 11.7. The smallest absolute Gasteiger partial charge is 0.230 e. The topological polar surface area (TPSA) is 60.8 Å². The molecule has 2 aromatic carbocycles. The Hall–Kier alpha value is -2.12. The molecule has 0 saturated carbocycles. The summed E-state index contributed by atoms with van der Waals surface area (Å²) in [5.74, 6) is 0. The van der Waals surface area contributed by atoms with Gasteiger partial charge < -0.3 is 4.42 Å². The summed E-state index contributed by atoms with van der Waals surface area (Å²) >= 11 is 3.55. The van der Waals surface area contributed by atoms with E-state index in [0.29, 0.717) is 5.58 Å². The molecule has 3 nitrogen and oxygen atoms in total. The van der Waals surface area contributed by atoms with Crippen molar-refractivity contribution in [2.45, 2.75) is 6.92 Å². The Labute approximate surface area is 117 Å². The lowest BCUT2D eigenvalue weighted by Gasteiger charge is -2.08. The fraction of sp³-hybridized carbons (Fsp3) is 0.0667. The number of halogens is 1. The van der Waals surface area contributed by atoms with Crippen LogP contribution in [0.2, 0.25) is 0 Å². The lowest BCUT2D eigenvalue weighted by Crippen LogP contribution is -2.07. The first-order valence-corrected chi connectivity index (χ1v) is 6.52. The van der Waals surface area contributed by atoms with E-state index in [4.69, 9.17) is 15.1 Å². The first-order valence-electron chi connectivity index (χ1n) is 5.73. The van der Waals surface area contributed by atoms with Crippen molar-refractivity contribution in [1.29, 1.82) is 10.7 Å². The molecular formula is C15H9BrN2O. The maximum Gasteiger partial charge on any atom is 0.230 e. The predicted molar refractivity (Wildman–Crippen MR) is 76.7 cm³/mol. The van der Waals surface area contributed by atoms with Gasteiger partial charge in [0.05, 0.1) is 0 Å². The third-order valence-corrected chi connectivity index (χ3v) is 3.92. The number of aryl methyl sites for hydroxylation is 1. The largest absolute Gasteiger partial charge is 0.437 e. The molecule has 0 saturated heterocycles. The molecule has 0 aliphatic carbocycles. The van der Waals surface area contributed by atoms with Crippen molar-refractivity contribution in [1.82, 2.24) is 0 Å². The summed E-state index contributed by atoms with van der Waals surface area (Å²) in [7, 11) is 0. The van der Waals surface area contributed by atoms with E-state index in [2.05, 4.69) is 15.9 Å². The number of hydrogen-bond donors (Lipinski definition) is 1. The quantitative estimate of drug-likeness (QED) is 0.637. The van der Waals surface area contributed by atoms with Crippen LogP contribution in [0.4, 0.5) is 0 Å². The predicted octanol–water partition coefficient (Wildman–Crippen LogP) is 4.01. The van der Waals surface area contributed by atoms with E-state index < -0.39 is 0 Å². The molecule has 0 unspecified atom stereocenters. The normalized spacial score (nSPS) is 10.8. The molecule has 4 heteroatoms. The Bertz CT molecular complexity index is 919. The second-order valence-corrected chi connectivity index (χ2v) is 5.18. The molecule has 0 atom stereocenters. The Morgan fingerprint density at radius 3 is 2.58 bits per heavy atom. The number of nitrogens with one attached hydrogen (secondary N) is 1. The van der Waals surface area contributed by atoms with Crippen molar-refractivity contribution < 1.29 is 4.42 Å². The lowest BCUT2D eigenvalue weighted by molar-refractivity contribution is 0.532. The van der Waals surface area contributed by atoms with Gasteiger partial charge in [0.15, 0.2) is 0 Å². The lowest BCUT2D eigenvalue weighted by atomic mass is 10.0. The highest BCUT2D eigenvalue weighted by atomic mass is 79.9. The van der Waals surface area contributed by atoms with Crippen molar-refractivity contribution in [3.8, 4) is 6.07 Å². The number of rotatable bonds is 0. The van der Waals surface area contributed by atoms with Gasteiger partial charge >= 0.3 is 0 Å². The molecule has 19 heavy (non-hydrogen) atoms. The van der Waals surface area contributed by atoms with E-state index in [1.165, 1.54) is 0 Å². The van der Waals surface area contributed by atoms with Crippen molar-refractivity contribution in [2.75, 3.05) is 0 Å². The highest BCUT2D eigenvalue weighted by Gasteiger charge is 2.13. The van der Waals surface area contributed by atoms with Gasteiger partial charge in [0.1, 0.15) is 17.2 Å². The van der Waals surface area contributed by atoms with Gasteiger partial charge in [-0.2, -0.15) is 5.26 Å². The number of hydrogen-bond acceptors (Lipinski definition) is 3. The summed E-state index contributed by atoms with van der Waals surface area (Å²) in [6, 6.07) is 11.8. The second kappa shape index (κ2) is 4.22. The molecule has 0 amide bonds. The molecule has 0 radical (unpaired) electrons. The standard InChI is InChI=1S/C15H9BrN2O/c1-8-11-6-13(16)9-4-2-3-5-10(9)14(11)19-15(18)12(8)7-17/h2-6,18H,1H3. The van der Waals surface area contributed by atoms with Crippen molar-refractivity contribution >= 4 is 37.7 Å². The van der Waals surface area contributed by atoms with Gasteiger partial charge in [0.2, 0.25) is 5.55 Å². The Balaban J connectivity index is 2.67. The van der Waals surface area contributed by atoms with E-state index in [1.54, 1.807) is 0 Å². The summed E-state index contributed by atoms with van der Waals surface area (Å²) in [4.78, 5) is 0. The average molecular weight is 313 g/mol. The third kappa shape index (κ3) is 1.66. The molecule has 0 spiro atoms. The van der Waals surface area contributed by atoms with E-state index >= 15 is 0 Å². The summed E-state index contributed by atoms with van der Waals surface area (Å²) in [5.41, 5.74) is 1.63. The Morgan fingerprint density at radius 1 is 1.21 bits per heavy atom. The highest BCUT2D eigenvalue weighted by Crippen LogP contribution is 2.33. The zero-order chi connectivity index (χ0) is 13.6. The second-order valence-electron chi connectivity index (χ2n) is 4.32. The SMILES string of the molecule is Cc1c(C#N)c(=N)oc2c1cc(Br)c1ccccc12. The molecule has 0 aliphatic rings. The molecular weight excluding hydrogens is 304 g/mol. The van der Waals surface area contributed by atoms with Crippen molar-refractivity contribution in [3.63, 3.8) is 0 Å². The minimum atomic E-state index is -0.0834. The Kier molecular flexibility index (Phi) is 2.65. The van der Waals surface area contributed by atoms with Gasteiger partial charge in [-0.15, -0.1) is 0 Å². The van der Waals surface area contributed by atoms with Crippen molar-refractivity contribution in [3.05, 3.63) is 51.5 Å². The van der Waals surface area contributed by atoms with Gasteiger partial charge in [0, 0.05) is 15.2 Å². The third-order valence-electron chi connectivity index (χ3n) is 3.27. The van der Waals surface area contributed by atoms with Gasteiger partial charge in [-0.1, -0.05) is 40.2 Å². The highest BCUT2D eigenvalue weighted by molar-refractivity contribution is 9.10. The van der Waals surface area contributed by atoms with Crippen LogP contribution in [0.3, 0.4) is 0 Å². The van der Waals surface area contributed by atoms with Crippen molar-refractivity contribution in [2.24, 2.45) is 0 Å². The Morgan fingerprint density at radius 2 is 1.89 bits per heavy atom. The molecule has 1 N–H and O–H groups in total. The van der Waals surface area contributed by atoms with Crippen LogP contribution < -0.4 is 5.55 Å². The summed E-state index contributed by atoms with van der Waals surface area (Å²) in [6.07, 6.45) is 0. The zero-order valence-electron chi connectivity index (χ0n) is 10.1. The average Bonchev–Trinajstić information content (AvgIpc) is 2.41. The van der Waals surface area contributed by atoms with Crippen LogP contribution in [0.15, 0.2) is 39.2 Å². The molecule has 3 rings (SSSR count). The van der Waals surface area contributed by atoms with Gasteiger partial charge in [-0.3, -0.25) is 5.41 Å². The van der Waals surface area contributed by atoms with Crippen LogP contribution in [0, 0.1) is 23.7 Å². The molecule has 1 aromatic heterocycles. The van der Waals surface area contributed by atoms with E-state index in [-0.39, 0.29) is 11.1 Å². The number of nitrogens with zero attached hydrogens (tertiary/aromatic N) is 1. The van der Waals surface area contributed by atoms with Crippen LogP contribution in [0.5, 0.6) is 0 Å². The molecule has 92 valence electrons. The monoisotopic (exact) mass is 312 g/mol. The van der Waals surface area contributed by atoms with Gasteiger partial charge in [-0.05, 0) is 23.9 Å². The minimum Gasteiger partial charge on any atom is -0.437 e. The summed E-state index contributed by atoms with van der Waals surface area (Å²) in [6.45, 7) is 1.84. The molecule has 0 aliphatic heterocycles. The number of fused-ring (bicyclic) bond motifs is 3. The minimum absolute atomic E-state index is 0.0834. The van der Waals surface area contributed by atoms with Crippen LogP contribution in [0.1, 0.15) is 11.1 Å². The summed E-state index contributed by atoms with van der Waals surface area (Å²) < 4.78 is 6.51. The first-order chi connectivity index (χ1) is 9.13. The summed E-state index contributed by atoms with van der Waals surface area (Å²) in [5, 5.41) is 19.7. The molecule has 0 fully saturated rings. The maximum absolute atomic E-state index is 9.10. The van der Waals surface area contributed by atoms with Gasteiger partial charge in [0.25, 0.3) is 0 Å². The number of nitriles is 1. The van der Waals surface area contributed by atoms with Gasteiger partial charge in [-0.25, -0.2) is 0 Å². The molecule has 0 bridgehead atoms. The van der Waals surface area contributed by atoms with Crippen LogP contribution >= 0.6 is 15.9 Å². The first kappa shape index (κ1) is 11.9. The fourth-order valence-corrected chi connectivity index (χ4v) is 2.86. The van der Waals surface area contributed by atoms with Crippen LogP contribution in [-0.4, -0.2) is 0 Å². The number of benzene rings is 2. The van der Waals surface area contributed by atoms with Crippen LogP contribution in [-0.2, 0) is 0 Å². The molecule has 1 heterocycles. The van der Waals surface area contributed by atoms with E-state index in [0.717, 1.165) is 26.2 Å². The van der Waals surface area contributed by atoms with E-state index in [9.17, 15) is 0 Å². The fourth-order valence-electron chi connectivity index (χ4n) is 2.29. The van der Waals surface area contributed by atoms with Crippen LogP contribution in [0.25, 0.3) is 21.7 Å². The van der Waals surface area contributed by atoms with E-state index in [1.807, 2.05) is 43.3 Å². The maximum atomic E-state index is 9.10. The molecule has 3 aromatic rings.